The second kappa shape index (κ2) is 12.5. The second-order valence-electron chi connectivity index (χ2n) is 8.07. The van der Waals surface area contributed by atoms with Gasteiger partial charge in [0.05, 0.1) is 19.8 Å². The number of nitrogens with one attached hydrogen (secondary N) is 1. The van der Waals surface area contributed by atoms with Crippen molar-refractivity contribution >= 4 is 41.7 Å². The molecule has 1 unspecified atom stereocenters. The van der Waals surface area contributed by atoms with Crippen LogP contribution in [0.4, 0.5) is 5.82 Å². The number of hydrogen-bond acceptors (Lipinski definition) is 6. The highest BCUT2D eigenvalue weighted by molar-refractivity contribution is 14.0. The lowest BCUT2D eigenvalue weighted by molar-refractivity contribution is -0.142. The van der Waals surface area contributed by atoms with Gasteiger partial charge in [0, 0.05) is 64.2 Å². The van der Waals surface area contributed by atoms with E-state index in [-0.39, 0.29) is 36.0 Å². The molecule has 0 radical (unpaired) electrons. The Morgan fingerprint density at radius 1 is 1.16 bits per heavy atom. The average molecular weight is 558 g/mol. The van der Waals surface area contributed by atoms with Crippen LogP contribution >= 0.6 is 24.0 Å². The van der Waals surface area contributed by atoms with Gasteiger partial charge in [-0.1, -0.05) is 6.07 Å². The normalized spacial score (nSPS) is 22.0. The van der Waals surface area contributed by atoms with Gasteiger partial charge in [0.2, 0.25) is 0 Å². The lowest BCUT2D eigenvalue weighted by Gasteiger charge is -2.37. The lowest BCUT2D eigenvalue weighted by Crippen LogP contribution is -2.55. The van der Waals surface area contributed by atoms with Crippen LogP contribution in [0.1, 0.15) is 25.3 Å². The topological polar surface area (TPSA) is 82.5 Å². The number of pyridine rings is 1. The summed E-state index contributed by atoms with van der Waals surface area (Å²) < 4.78 is 11.0. The quantitative estimate of drug-likeness (QED) is 0.332. The number of aromatic nitrogens is 1. The van der Waals surface area contributed by atoms with E-state index in [1.54, 1.807) is 0 Å². The van der Waals surface area contributed by atoms with Crippen molar-refractivity contribution in [2.24, 2.45) is 4.99 Å². The summed E-state index contributed by atoms with van der Waals surface area (Å²) in [6.07, 6.45) is 3.43. The number of amides is 1. The number of piperazine rings is 1. The SMILES string of the molecule is CCNC(=NCc1cccnc1N1CCOCC1)N1CCN(C(=O)C2CCCO2)CC1.I. The van der Waals surface area contributed by atoms with Gasteiger partial charge in [0.25, 0.3) is 5.91 Å². The summed E-state index contributed by atoms with van der Waals surface area (Å²) in [5, 5.41) is 3.41. The minimum absolute atomic E-state index is 0. The molecule has 1 aromatic rings. The fourth-order valence-electron chi connectivity index (χ4n) is 4.31. The van der Waals surface area contributed by atoms with Crippen LogP contribution in [0.3, 0.4) is 0 Å². The molecule has 1 atom stereocenters. The van der Waals surface area contributed by atoms with Gasteiger partial charge in [-0.05, 0) is 25.8 Å². The summed E-state index contributed by atoms with van der Waals surface area (Å²) in [6.45, 7) is 10.3. The molecule has 3 fully saturated rings. The number of aliphatic imine (C=N–C) groups is 1. The molecule has 32 heavy (non-hydrogen) atoms. The monoisotopic (exact) mass is 558 g/mol. The van der Waals surface area contributed by atoms with Crippen LogP contribution in [0.2, 0.25) is 0 Å². The van der Waals surface area contributed by atoms with Crippen molar-refractivity contribution in [2.45, 2.75) is 32.4 Å². The number of guanidine groups is 1. The maximum absolute atomic E-state index is 12.6. The van der Waals surface area contributed by atoms with Gasteiger partial charge in [-0.15, -0.1) is 24.0 Å². The standard InChI is InChI=1S/C22H34N6O3.HI/c1-2-23-22(28-10-8-27(9-11-28)21(29)19-6-4-14-31-19)25-17-18-5-3-7-24-20(18)26-12-15-30-16-13-26;/h3,5,7,19H,2,4,6,8-17H2,1H3,(H,23,25);1H. The summed E-state index contributed by atoms with van der Waals surface area (Å²) in [6, 6.07) is 4.07. The third kappa shape index (κ3) is 6.22. The summed E-state index contributed by atoms with van der Waals surface area (Å²) in [5.41, 5.74) is 1.12. The summed E-state index contributed by atoms with van der Waals surface area (Å²) in [5.74, 6) is 2.03. The molecule has 0 bridgehead atoms. The Hall–Kier alpha value is -1.66. The number of nitrogens with zero attached hydrogens (tertiary/aromatic N) is 5. The number of carbonyl (C=O) groups excluding carboxylic acids is 1. The van der Waals surface area contributed by atoms with E-state index in [2.05, 4.69) is 33.1 Å². The number of anilines is 1. The van der Waals surface area contributed by atoms with E-state index < -0.39 is 0 Å². The van der Waals surface area contributed by atoms with Crippen molar-refractivity contribution in [1.29, 1.82) is 0 Å². The van der Waals surface area contributed by atoms with Crippen LogP contribution in [0, 0.1) is 0 Å². The van der Waals surface area contributed by atoms with Crippen molar-refractivity contribution in [3.8, 4) is 0 Å². The van der Waals surface area contributed by atoms with Crippen molar-refractivity contribution in [3.63, 3.8) is 0 Å². The smallest absolute Gasteiger partial charge is 0.251 e. The first-order valence-corrected chi connectivity index (χ1v) is 11.5. The molecule has 1 aromatic heterocycles. The molecule has 0 aliphatic carbocycles. The zero-order valence-electron chi connectivity index (χ0n) is 18.9. The van der Waals surface area contributed by atoms with Gasteiger partial charge in [-0.2, -0.15) is 0 Å². The van der Waals surface area contributed by atoms with E-state index in [4.69, 9.17) is 14.5 Å². The molecule has 10 heteroatoms. The van der Waals surface area contributed by atoms with Crippen molar-refractivity contribution in [1.82, 2.24) is 20.1 Å². The first kappa shape index (κ1) is 25.0. The minimum Gasteiger partial charge on any atom is -0.378 e. The van der Waals surface area contributed by atoms with Crippen molar-refractivity contribution in [3.05, 3.63) is 23.9 Å². The maximum Gasteiger partial charge on any atom is 0.251 e. The van der Waals surface area contributed by atoms with Crippen LogP contribution in [-0.4, -0.2) is 98.4 Å². The highest BCUT2D eigenvalue weighted by Crippen LogP contribution is 2.20. The number of halogens is 1. The highest BCUT2D eigenvalue weighted by atomic mass is 127. The number of ether oxygens (including phenoxy) is 2. The highest BCUT2D eigenvalue weighted by Gasteiger charge is 2.31. The molecule has 1 amide bonds. The van der Waals surface area contributed by atoms with Gasteiger partial charge in [0.15, 0.2) is 5.96 Å². The van der Waals surface area contributed by atoms with E-state index in [0.29, 0.717) is 26.2 Å². The molecule has 0 saturated carbocycles. The van der Waals surface area contributed by atoms with Crippen molar-refractivity contribution < 1.29 is 14.3 Å². The Labute approximate surface area is 207 Å². The summed E-state index contributed by atoms with van der Waals surface area (Å²) in [7, 11) is 0. The van der Waals surface area contributed by atoms with Gasteiger partial charge < -0.3 is 29.5 Å². The number of carbonyl (C=O) groups is 1. The Morgan fingerprint density at radius 2 is 1.91 bits per heavy atom. The Morgan fingerprint density at radius 3 is 2.59 bits per heavy atom. The molecular formula is C22H35IN6O3. The molecule has 3 aliphatic heterocycles. The van der Waals surface area contributed by atoms with Gasteiger partial charge in [-0.3, -0.25) is 4.79 Å². The minimum atomic E-state index is -0.238. The summed E-state index contributed by atoms with van der Waals surface area (Å²) in [4.78, 5) is 28.6. The third-order valence-corrected chi connectivity index (χ3v) is 6.01. The fourth-order valence-corrected chi connectivity index (χ4v) is 4.31. The number of morpholine rings is 1. The predicted octanol–water partition coefficient (Wildman–Crippen LogP) is 1.32. The van der Waals surface area contributed by atoms with Gasteiger partial charge in [-0.25, -0.2) is 9.98 Å². The van der Waals surface area contributed by atoms with Crippen LogP contribution in [-0.2, 0) is 20.8 Å². The fraction of sp³-hybridized carbons (Fsp3) is 0.682. The zero-order chi connectivity index (χ0) is 21.5. The Bertz CT molecular complexity index is 760. The number of hydrogen-bond donors (Lipinski definition) is 1. The largest absolute Gasteiger partial charge is 0.378 e. The Kier molecular flexibility index (Phi) is 9.79. The molecule has 0 aromatic carbocycles. The molecule has 3 aliphatic rings. The van der Waals surface area contributed by atoms with Gasteiger partial charge in [0.1, 0.15) is 11.9 Å². The number of rotatable bonds is 5. The summed E-state index contributed by atoms with van der Waals surface area (Å²) >= 11 is 0. The predicted molar refractivity (Wildman–Crippen MR) is 135 cm³/mol. The average Bonchev–Trinajstić information content (AvgIpc) is 3.37. The third-order valence-electron chi connectivity index (χ3n) is 6.01. The van der Waals surface area contributed by atoms with Gasteiger partial charge >= 0.3 is 0 Å². The van der Waals surface area contributed by atoms with Crippen LogP contribution in [0.25, 0.3) is 0 Å². The van der Waals surface area contributed by atoms with Crippen molar-refractivity contribution in [2.75, 3.05) is 70.5 Å². The van der Waals surface area contributed by atoms with E-state index in [1.165, 1.54) is 0 Å². The first-order valence-electron chi connectivity index (χ1n) is 11.5. The molecular weight excluding hydrogens is 523 g/mol. The maximum atomic E-state index is 12.6. The molecule has 178 valence electrons. The first-order chi connectivity index (χ1) is 15.3. The Balaban J connectivity index is 0.00000289. The van der Waals surface area contributed by atoms with Crippen LogP contribution in [0.5, 0.6) is 0 Å². The second-order valence-corrected chi connectivity index (χ2v) is 8.07. The molecule has 0 spiro atoms. The molecule has 4 rings (SSSR count). The molecule has 9 nitrogen and oxygen atoms in total. The van der Waals surface area contributed by atoms with E-state index in [9.17, 15) is 4.79 Å². The van der Waals surface area contributed by atoms with E-state index in [1.807, 2.05) is 17.2 Å². The van der Waals surface area contributed by atoms with E-state index in [0.717, 1.165) is 76.1 Å². The molecule has 1 N–H and O–H groups in total. The molecule has 3 saturated heterocycles. The lowest BCUT2D eigenvalue weighted by atomic mass is 10.2. The molecule has 4 heterocycles. The van der Waals surface area contributed by atoms with Crippen LogP contribution < -0.4 is 10.2 Å². The van der Waals surface area contributed by atoms with E-state index >= 15 is 0 Å². The zero-order valence-corrected chi connectivity index (χ0v) is 21.2. The van der Waals surface area contributed by atoms with Crippen LogP contribution in [0.15, 0.2) is 23.3 Å².